The molecule has 0 saturated heterocycles. The van der Waals surface area contributed by atoms with E-state index in [1.54, 1.807) is 4.90 Å². The van der Waals surface area contributed by atoms with Gasteiger partial charge in [0.2, 0.25) is 11.8 Å². The van der Waals surface area contributed by atoms with Crippen LogP contribution in [0.25, 0.3) is 0 Å². The van der Waals surface area contributed by atoms with Crippen LogP contribution < -0.4 is 5.32 Å². The number of nitrogens with one attached hydrogen (secondary N) is 1. The van der Waals surface area contributed by atoms with Crippen molar-refractivity contribution in [1.29, 1.82) is 0 Å². The molecule has 0 saturated carbocycles. The molecule has 0 aliphatic heterocycles. The Morgan fingerprint density at radius 1 is 0.931 bits per heavy atom. The molecule has 0 aliphatic carbocycles. The summed E-state index contributed by atoms with van der Waals surface area (Å²) in [6.07, 6.45) is 1.10. The molecule has 6 nitrogen and oxygen atoms in total. The summed E-state index contributed by atoms with van der Waals surface area (Å²) in [6.45, 7) is 2.60. The number of hydrogen-bond donors (Lipinski definition) is 1. The molecule has 0 spiro atoms. The molecule has 0 atom stereocenters. The highest BCUT2D eigenvalue weighted by Crippen LogP contribution is 2.06. The first-order chi connectivity index (χ1) is 13.9. The Balaban J connectivity index is 1.74. The van der Waals surface area contributed by atoms with Gasteiger partial charge in [0, 0.05) is 13.1 Å². The van der Waals surface area contributed by atoms with E-state index in [-0.39, 0.29) is 18.2 Å². The fourth-order valence-electron chi connectivity index (χ4n) is 2.93. The van der Waals surface area contributed by atoms with Crippen molar-refractivity contribution in [2.45, 2.75) is 26.3 Å². The second kappa shape index (κ2) is 11.4. The quantitative estimate of drug-likeness (QED) is 0.609. The Morgan fingerprint density at radius 3 is 2.10 bits per heavy atom. The highest BCUT2D eigenvalue weighted by atomic mass is 32.2. The molecule has 0 radical (unpaired) electrons. The zero-order chi connectivity index (χ0) is 21.1. The summed E-state index contributed by atoms with van der Waals surface area (Å²) in [5.41, 5.74) is 2.06. The van der Waals surface area contributed by atoms with Gasteiger partial charge in [0.15, 0.2) is 9.84 Å². The van der Waals surface area contributed by atoms with Crippen LogP contribution >= 0.6 is 0 Å². The molecule has 0 unspecified atom stereocenters. The van der Waals surface area contributed by atoms with E-state index in [4.69, 9.17) is 0 Å². The van der Waals surface area contributed by atoms with Crippen LogP contribution in [0.3, 0.4) is 0 Å². The van der Waals surface area contributed by atoms with Gasteiger partial charge in [-0.2, -0.15) is 0 Å². The summed E-state index contributed by atoms with van der Waals surface area (Å²) in [7, 11) is -3.51. The Hall–Kier alpha value is -2.67. The van der Waals surface area contributed by atoms with E-state index < -0.39 is 21.5 Å². The summed E-state index contributed by atoms with van der Waals surface area (Å²) in [5.74, 6) is -1.54. The van der Waals surface area contributed by atoms with E-state index in [9.17, 15) is 18.0 Å². The fourth-order valence-corrected chi connectivity index (χ4v) is 4.16. The third-order valence-electron chi connectivity index (χ3n) is 4.50. The standard InChI is InChI=1S/C22H28N2O4S/c1-2-24(17-20-12-7-4-8-13-20)22(26)16-23-21(25)18-29(27,28)15-9-14-19-10-5-3-6-11-19/h3-8,10-13H,2,9,14-18H2,1H3,(H,23,25). The van der Waals surface area contributed by atoms with Gasteiger partial charge in [-0.25, -0.2) is 8.42 Å². The molecule has 1 N–H and O–H groups in total. The molecule has 2 rings (SSSR count). The van der Waals surface area contributed by atoms with Crippen molar-refractivity contribution in [3.05, 3.63) is 71.8 Å². The second-order valence-corrected chi connectivity index (χ2v) is 9.04. The van der Waals surface area contributed by atoms with Crippen molar-refractivity contribution in [2.24, 2.45) is 0 Å². The summed E-state index contributed by atoms with van der Waals surface area (Å²) < 4.78 is 24.3. The average Bonchev–Trinajstić information content (AvgIpc) is 2.71. The molecule has 0 bridgehead atoms. The van der Waals surface area contributed by atoms with Crippen LogP contribution in [0.1, 0.15) is 24.5 Å². The van der Waals surface area contributed by atoms with Gasteiger partial charge >= 0.3 is 0 Å². The second-order valence-electron chi connectivity index (χ2n) is 6.85. The van der Waals surface area contributed by atoms with Crippen LogP contribution in [0.2, 0.25) is 0 Å². The van der Waals surface area contributed by atoms with Crippen LogP contribution in [0.4, 0.5) is 0 Å². The van der Waals surface area contributed by atoms with Crippen molar-refractivity contribution < 1.29 is 18.0 Å². The monoisotopic (exact) mass is 416 g/mol. The van der Waals surface area contributed by atoms with Gasteiger partial charge in [-0.1, -0.05) is 60.7 Å². The Kier molecular flexibility index (Phi) is 8.86. The SMILES string of the molecule is CCN(Cc1ccccc1)C(=O)CNC(=O)CS(=O)(=O)CCCc1ccccc1. The van der Waals surface area contributed by atoms with E-state index in [0.717, 1.165) is 11.1 Å². The highest BCUT2D eigenvalue weighted by molar-refractivity contribution is 7.92. The van der Waals surface area contributed by atoms with Crippen molar-refractivity contribution in [3.8, 4) is 0 Å². The number of sulfone groups is 1. The number of carbonyl (C=O) groups excluding carboxylic acids is 2. The minimum Gasteiger partial charge on any atom is -0.346 e. The van der Waals surface area contributed by atoms with Crippen molar-refractivity contribution >= 4 is 21.7 Å². The first-order valence-electron chi connectivity index (χ1n) is 9.72. The van der Waals surface area contributed by atoms with Gasteiger partial charge in [-0.3, -0.25) is 9.59 Å². The number of carbonyl (C=O) groups is 2. The van der Waals surface area contributed by atoms with Crippen LogP contribution in [-0.4, -0.2) is 49.7 Å². The summed E-state index contributed by atoms with van der Waals surface area (Å²) in [6, 6.07) is 19.2. The number of amides is 2. The Bertz CT molecular complexity index is 884. The maximum atomic E-state index is 12.3. The van der Waals surface area contributed by atoms with Crippen molar-refractivity contribution in [2.75, 3.05) is 24.6 Å². The first kappa shape index (κ1) is 22.6. The van der Waals surface area contributed by atoms with Crippen molar-refractivity contribution in [3.63, 3.8) is 0 Å². The van der Waals surface area contributed by atoms with Gasteiger partial charge < -0.3 is 10.2 Å². The Labute approximate surface area is 172 Å². The lowest BCUT2D eigenvalue weighted by Crippen LogP contribution is -2.41. The largest absolute Gasteiger partial charge is 0.346 e. The fraction of sp³-hybridized carbons (Fsp3) is 0.364. The summed E-state index contributed by atoms with van der Waals surface area (Å²) >= 11 is 0. The maximum Gasteiger partial charge on any atom is 0.242 e. The maximum absolute atomic E-state index is 12.3. The van der Waals surface area contributed by atoms with E-state index in [1.807, 2.05) is 67.6 Å². The van der Waals surface area contributed by atoms with E-state index in [2.05, 4.69) is 5.32 Å². The molecule has 29 heavy (non-hydrogen) atoms. The summed E-state index contributed by atoms with van der Waals surface area (Å²) in [5, 5.41) is 2.44. The average molecular weight is 417 g/mol. The molecular formula is C22H28N2O4S. The van der Waals surface area contributed by atoms with E-state index in [0.29, 0.717) is 25.9 Å². The normalized spacial score (nSPS) is 11.1. The molecule has 2 aromatic carbocycles. The van der Waals surface area contributed by atoms with Crippen LogP contribution in [0, 0.1) is 0 Å². The van der Waals surface area contributed by atoms with E-state index in [1.165, 1.54) is 0 Å². The third-order valence-corrected chi connectivity index (χ3v) is 6.11. The van der Waals surface area contributed by atoms with Crippen molar-refractivity contribution in [1.82, 2.24) is 10.2 Å². The molecular weight excluding hydrogens is 388 g/mol. The molecule has 2 aromatic rings. The zero-order valence-electron chi connectivity index (χ0n) is 16.7. The molecule has 2 amide bonds. The third kappa shape index (κ3) is 8.48. The topological polar surface area (TPSA) is 83.6 Å². The van der Waals surface area contributed by atoms with Crippen LogP contribution in [0.5, 0.6) is 0 Å². The zero-order valence-corrected chi connectivity index (χ0v) is 17.5. The predicted molar refractivity (Wildman–Crippen MR) is 114 cm³/mol. The number of likely N-dealkylation sites (N-methyl/N-ethyl adjacent to an activating group) is 1. The minimum absolute atomic E-state index is 0.0572. The molecule has 7 heteroatoms. The lowest BCUT2D eigenvalue weighted by atomic mass is 10.1. The summed E-state index contributed by atoms with van der Waals surface area (Å²) in [4.78, 5) is 26.0. The molecule has 0 aliphatic rings. The number of rotatable bonds is 11. The lowest BCUT2D eigenvalue weighted by Gasteiger charge is -2.21. The number of benzene rings is 2. The van der Waals surface area contributed by atoms with Gasteiger partial charge in [0.1, 0.15) is 5.75 Å². The van der Waals surface area contributed by atoms with Gasteiger partial charge in [0.05, 0.1) is 12.3 Å². The predicted octanol–water partition coefficient (Wildman–Crippen LogP) is 2.20. The lowest BCUT2D eigenvalue weighted by molar-refractivity contribution is -0.132. The highest BCUT2D eigenvalue weighted by Gasteiger charge is 2.18. The number of nitrogens with zero attached hydrogens (tertiary/aromatic N) is 1. The van der Waals surface area contributed by atoms with Gasteiger partial charge in [0.25, 0.3) is 0 Å². The Morgan fingerprint density at radius 2 is 1.52 bits per heavy atom. The number of hydrogen-bond acceptors (Lipinski definition) is 4. The number of aryl methyl sites for hydroxylation is 1. The molecule has 0 heterocycles. The smallest absolute Gasteiger partial charge is 0.242 e. The molecule has 156 valence electrons. The minimum atomic E-state index is -3.51. The first-order valence-corrected chi connectivity index (χ1v) is 11.5. The van der Waals surface area contributed by atoms with Crippen LogP contribution in [0.15, 0.2) is 60.7 Å². The van der Waals surface area contributed by atoms with Crippen LogP contribution in [-0.2, 0) is 32.4 Å². The van der Waals surface area contributed by atoms with Gasteiger partial charge in [-0.05, 0) is 30.9 Å². The molecule has 0 aromatic heterocycles. The van der Waals surface area contributed by atoms with E-state index >= 15 is 0 Å². The van der Waals surface area contributed by atoms with Gasteiger partial charge in [-0.15, -0.1) is 0 Å². The molecule has 0 fully saturated rings.